The van der Waals surface area contributed by atoms with E-state index in [1.807, 2.05) is 0 Å². The van der Waals surface area contributed by atoms with Gasteiger partial charge in [0.15, 0.2) is 0 Å². The highest BCUT2D eigenvalue weighted by molar-refractivity contribution is 6.31. The number of benzene rings is 1. The van der Waals surface area contributed by atoms with Gasteiger partial charge in [-0.25, -0.2) is 13.9 Å². The van der Waals surface area contributed by atoms with E-state index in [-0.39, 0.29) is 22.9 Å². The predicted octanol–water partition coefficient (Wildman–Crippen LogP) is 2.75. The van der Waals surface area contributed by atoms with E-state index in [0.717, 1.165) is 10.7 Å². The quantitative estimate of drug-likeness (QED) is 0.492. The average Bonchev–Trinajstić information content (AvgIpc) is 2.91. The van der Waals surface area contributed by atoms with Crippen molar-refractivity contribution in [3.63, 3.8) is 0 Å². The first-order valence-electron chi connectivity index (χ1n) is 5.79. The molecule has 0 aliphatic rings. The van der Waals surface area contributed by atoms with Crippen molar-refractivity contribution < 1.29 is 18.8 Å². The number of carbonyl (C=O) groups excluding carboxylic acids is 1. The van der Waals surface area contributed by atoms with Gasteiger partial charge in [-0.3, -0.25) is 10.1 Å². The summed E-state index contributed by atoms with van der Waals surface area (Å²) in [4.78, 5) is 21.7. The first-order valence-corrected chi connectivity index (χ1v) is 6.17. The molecular formula is C12H9ClFN3O4. The minimum Gasteiger partial charge on any atom is -0.462 e. The lowest BCUT2D eigenvalue weighted by atomic mass is 10.2. The van der Waals surface area contributed by atoms with Crippen LogP contribution in [0.25, 0.3) is 5.69 Å². The number of ether oxygens (including phenoxy) is 1. The second-order valence-electron chi connectivity index (χ2n) is 3.91. The second-order valence-corrected chi connectivity index (χ2v) is 4.31. The molecule has 2 rings (SSSR count). The number of hydrogen-bond acceptors (Lipinski definition) is 5. The predicted molar refractivity (Wildman–Crippen MR) is 71.1 cm³/mol. The Morgan fingerprint density at radius 1 is 1.57 bits per heavy atom. The van der Waals surface area contributed by atoms with Crippen LogP contribution in [0.2, 0.25) is 5.02 Å². The summed E-state index contributed by atoms with van der Waals surface area (Å²) in [6, 6.07) is 1.76. The topological polar surface area (TPSA) is 87.3 Å². The molecule has 9 heteroatoms. The van der Waals surface area contributed by atoms with Gasteiger partial charge < -0.3 is 4.74 Å². The van der Waals surface area contributed by atoms with Crippen LogP contribution in [0.4, 0.5) is 10.1 Å². The molecule has 0 atom stereocenters. The molecule has 0 unspecified atom stereocenters. The van der Waals surface area contributed by atoms with Gasteiger partial charge in [0.05, 0.1) is 34.4 Å². The number of aromatic nitrogens is 2. The van der Waals surface area contributed by atoms with Crippen LogP contribution in [0, 0.1) is 15.9 Å². The Bertz CT molecular complexity index is 717. The Kier molecular flexibility index (Phi) is 4.18. The molecule has 1 heterocycles. The molecule has 0 bridgehead atoms. The highest BCUT2D eigenvalue weighted by Gasteiger charge is 2.21. The van der Waals surface area contributed by atoms with Gasteiger partial charge in [-0.2, -0.15) is 5.10 Å². The van der Waals surface area contributed by atoms with E-state index in [1.54, 1.807) is 6.92 Å². The van der Waals surface area contributed by atoms with Gasteiger partial charge in [0.25, 0.3) is 5.69 Å². The summed E-state index contributed by atoms with van der Waals surface area (Å²) in [6.07, 6.45) is 2.44. The van der Waals surface area contributed by atoms with Gasteiger partial charge in [0.1, 0.15) is 11.5 Å². The van der Waals surface area contributed by atoms with E-state index in [9.17, 15) is 19.3 Å². The Labute approximate surface area is 123 Å². The first-order chi connectivity index (χ1) is 9.93. The molecule has 0 fully saturated rings. The molecule has 0 N–H and O–H groups in total. The number of nitro benzene ring substituents is 1. The average molecular weight is 314 g/mol. The molecule has 0 aliphatic carbocycles. The van der Waals surface area contributed by atoms with E-state index in [2.05, 4.69) is 5.10 Å². The largest absolute Gasteiger partial charge is 0.462 e. The SMILES string of the molecule is CCOC(=O)c1cnn(-c2cc(Cl)c(F)cc2[N+](=O)[O-])c1. The monoisotopic (exact) mass is 313 g/mol. The van der Waals surface area contributed by atoms with Crippen molar-refractivity contribution in [2.75, 3.05) is 6.61 Å². The van der Waals surface area contributed by atoms with Crippen molar-refractivity contribution in [2.24, 2.45) is 0 Å². The van der Waals surface area contributed by atoms with Crippen LogP contribution < -0.4 is 0 Å². The Hall–Kier alpha value is -2.48. The van der Waals surface area contributed by atoms with Gasteiger partial charge in [-0.15, -0.1) is 0 Å². The highest BCUT2D eigenvalue weighted by Crippen LogP contribution is 2.28. The molecular weight excluding hydrogens is 305 g/mol. The molecule has 1 aromatic carbocycles. The molecule has 2 aromatic rings. The van der Waals surface area contributed by atoms with Gasteiger partial charge in [-0.1, -0.05) is 11.6 Å². The van der Waals surface area contributed by atoms with Crippen LogP contribution in [-0.4, -0.2) is 27.3 Å². The number of hydrogen-bond donors (Lipinski definition) is 0. The first kappa shape index (κ1) is 14.9. The second kappa shape index (κ2) is 5.88. The number of nitro groups is 1. The van der Waals surface area contributed by atoms with E-state index in [4.69, 9.17) is 16.3 Å². The molecule has 7 nitrogen and oxygen atoms in total. The maximum Gasteiger partial charge on any atom is 0.341 e. The smallest absolute Gasteiger partial charge is 0.341 e. The summed E-state index contributed by atoms with van der Waals surface area (Å²) in [5, 5.41) is 14.5. The standard InChI is InChI=1S/C12H9ClFN3O4/c1-2-21-12(18)7-5-15-16(6-7)10-3-8(13)9(14)4-11(10)17(19)20/h3-6H,2H2,1H3. The third-order valence-corrected chi connectivity index (χ3v) is 2.84. The van der Waals surface area contributed by atoms with Crippen molar-refractivity contribution in [1.29, 1.82) is 0 Å². The third-order valence-electron chi connectivity index (χ3n) is 2.55. The Morgan fingerprint density at radius 2 is 2.29 bits per heavy atom. The maximum atomic E-state index is 13.3. The van der Waals surface area contributed by atoms with Crippen LogP contribution in [0.1, 0.15) is 17.3 Å². The number of carbonyl (C=O) groups is 1. The minimum absolute atomic E-state index is 0.0538. The highest BCUT2D eigenvalue weighted by atomic mass is 35.5. The lowest BCUT2D eigenvalue weighted by Gasteiger charge is -2.04. The van der Waals surface area contributed by atoms with Crippen molar-refractivity contribution in [3.05, 3.63) is 51.0 Å². The van der Waals surface area contributed by atoms with Crippen molar-refractivity contribution in [2.45, 2.75) is 6.92 Å². The fourth-order valence-corrected chi connectivity index (χ4v) is 1.79. The summed E-state index contributed by atoms with van der Waals surface area (Å²) < 4.78 is 19.2. The van der Waals surface area contributed by atoms with Gasteiger partial charge in [0, 0.05) is 6.20 Å². The number of halogens is 2. The van der Waals surface area contributed by atoms with Crippen molar-refractivity contribution >= 4 is 23.3 Å². The summed E-state index contributed by atoms with van der Waals surface area (Å²) in [5.41, 5.74) is -0.455. The van der Waals surface area contributed by atoms with Crippen LogP contribution >= 0.6 is 11.6 Å². The molecule has 110 valence electrons. The van der Waals surface area contributed by atoms with E-state index in [0.29, 0.717) is 6.07 Å². The molecule has 0 saturated carbocycles. The van der Waals surface area contributed by atoms with Crippen molar-refractivity contribution in [1.82, 2.24) is 9.78 Å². The molecule has 0 radical (unpaired) electrons. The van der Waals surface area contributed by atoms with E-state index >= 15 is 0 Å². The van der Waals surface area contributed by atoms with Gasteiger partial charge in [0.2, 0.25) is 0 Å². The summed E-state index contributed by atoms with van der Waals surface area (Å²) in [7, 11) is 0. The van der Waals surface area contributed by atoms with Crippen LogP contribution in [0.15, 0.2) is 24.5 Å². The number of esters is 1. The lowest BCUT2D eigenvalue weighted by Crippen LogP contribution is -2.04. The van der Waals surface area contributed by atoms with Crippen LogP contribution in [0.3, 0.4) is 0 Å². The minimum atomic E-state index is -0.912. The zero-order chi connectivity index (χ0) is 15.6. The van der Waals surface area contributed by atoms with Crippen LogP contribution in [-0.2, 0) is 4.74 Å². The molecule has 0 spiro atoms. The summed E-state index contributed by atoms with van der Waals surface area (Å²) >= 11 is 5.63. The summed E-state index contributed by atoms with van der Waals surface area (Å²) in [6.45, 7) is 1.83. The molecule has 21 heavy (non-hydrogen) atoms. The van der Waals surface area contributed by atoms with E-state index in [1.165, 1.54) is 12.4 Å². The van der Waals surface area contributed by atoms with Gasteiger partial charge in [-0.05, 0) is 13.0 Å². The fourth-order valence-electron chi connectivity index (χ4n) is 1.63. The van der Waals surface area contributed by atoms with Gasteiger partial charge >= 0.3 is 5.97 Å². The zero-order valence-corrected chi connectivity index (χ0v) is 11.5. The van der Waals surface area contributed by atoms with Crippen molar-refractivity contribution in [3.8, 4) is 5.69 Å². The molecule has 1 aromatic heterocycles. The maximum absolute atomic E-state index is 13.3. The van der Waals surface area contributed by atoms with E-state index < -0.39 is 22.4 Å². The van der Waals surface area contributed by atoms with Crippen LogP contribution in [0.5, 0.6) is 0 Å². The third kappa shape index (κ3) is 3.00. The fraction of sp³-hybridized carbons (Fsp3) is 0.167. The molecule has 0 amide bonds. The zero-order valence-electron chi connectivity index (χ0n) is 10.7. The molecule has 0 aliphatic heterocycles. The number of nitrogens with zero attached hydrogens (tertiary/aromatic N) is 3. The Morgan fingerprint density at radius 3 is 2.90 bits per heavy atom. The Balaban J connectivity index is 2.49. The summed E-state index contributed by atoms with van der Waals surface area (Å²) in [5.74, 6) is -1.52. The lowest BCUT2D eigenvalue weighted by molar-refractivity contribution is -0.384. The number of rotatable bonds is 4. The normalized spacial score (nSPS) is 10.4. The molecule has 0 saturated heterocycles.